The van der Waals surface area contributed by atoms with Gasteiger partial charge in [0.05, 0.1) is 13.7 Å². The topological polar surface area (TPSA) is 27.7 Å². The molecule has 0 aromatic heterocycles. The number of benzene rings is 2. The highest BCUT2D eigenvalue weighted by atomic mass is 127. The Morgan fingerprint density at radius 3 is 2.55 bits per heavy atom. The van der Waals surface area contributed by atoms with Gasteiger partial charge in [-0.2, -0.15) is 0 Å². The highest BCUT2D eigenvalue weighted by molar-refractivity contribution is 14.1. The Balaban J connectivity index is 2.00. The molecule has 2 aromatic carbocycles. The van der Waals surface area contributed by atoms with Crippen LogP contribution in [-0.2, 0) is 11.3 Å². The van der Waals surface area contributed by atoms with Crippen LogP contribution in [0.5, 0.6) is 11.5 Å². The molecule has 0 aliphatic rings. The van der Waals surface area contributed by atoms with Gasteiger partial charge < -0.3 is 14.2 Å². The van der Waals surface area contributed by atoms with E-state index in [4.69, 9.17) is 14.2 Å². The number of ether oxygens (including phenoxy) is 3. The average Bonchev–Trinajstić information content (AvgIpc) is 2.53. The summed E-state index contributed by atoms with van der Waals surface area (Å²) in [6.45, 7) is 4.56. The third-order valence-electron chi connectivity index (χ3n) is 3.35. The molecule has 0 saturated heterocycles. The van der Waals surface area contributed by atoms with Gasteiger partial charge in [0, 0.05) is 15.6 Å². The zero-order valence-corrected chi connectivity index (χ0v) is 15.3. The fourth-order valence-corrected chi connectivity index (χ4v) is 2.77. The minimum atomic E-state index is -0.274. The lowest BCUT2D eigenvalue weighted by molar-refractivity contribution is -0.0912. The van der Waals surface area contributed by atoms with Crippen LogP contribution in [0.4, 0.5) is 0 Å². The first-order valence-corrected chi connectivity index (χ1v) is 8.38. The van der Waals surface area contributed by atoms with Gasteiger partial charge in [-0.05, 0) is 59.3 Å². The first-order valence-electron chi connectivity index (χ1n) is 7.30. The van der Waals surface area contributed by atoms with Crippen molar-refractivity contribution in [1.82, 2.24) is 0 Å². The molecular formula is C18H21IO3. The molecule has 22 heavy (non-hydrogen) atoms. The van der Waals surface area contributed by atoms with Crippen LogP contribution in [0.1, 0.15) is 24.5 Å². The van der Waals surface area contributed by atoms with E-state index in [1.807, 2.05) is 43.3 Å². The van der Waals surface area contributed by atoms with Gasteiger partial charge in [-0.25, -0.2) is 0 Å². The Kier molecular flexibility index (Phi) is 6.51. The predicted octanol–water partition coefficient (Wildman–Crippen LogP) is 4.94. The Morgan fingerprint density at radius 1 is 1.09 bits per heavy atom. The van der Waals surface area contributed by atoms with Crippen LogP contribution in [0.2, 0.25) is 0 Å². The van der Waals surface area contributed by atoms with Crippen LogP contribution >= 0.6 is 22.6 Å². The van der Waals surface area contributed by atoms with Crippen molar-refractivity contribution in [3.63, 3.8) is 0 Å². The molecule has 4 heteroatoms. The van der Waals surface area contributed by atoms with E-state index < -0.39 is 0 Å². The summed E-state index contributed by atoms with van der Waals surface area (Å²) < 4.78 is 18.4. The van der Waals surface area contributed by atoms with Crippen LogP contribution < -0.4 is 9.47 Å². The van der Waals surface area contributed by atoms with Crippen molar-refractivity contribution in [2.75, 3.05) is 7.11 Å². The summed E-state index contributed by atoms with van der Waals surface area (Å²) >= 11 is 2.30. The molecule has 2 rings (SSSR count). The summed E-state index contributed by atoms with van der Waals surface area (Å²) in [5.41, 5.74) is 2.14. The van der Waals surface area contributed by atoms with Gasteiger partial charge in [-0.3, -0.25) is 0 Å². The quantitative estimate of drug-likeness (QED) is 0.476. The van der Waals surface area contributed by atoms with Crippen molar-refractivity contribution < 1.29 is 14.2 Å². The molecule has 0 heterocycles. The molecule has 0 spiro atoms. The minimum Gasteiger partial charge on any atom is -0.496 e. The van der Waals surface area contributed by atoms with Crippen molar-refractivity contribution in [2.24, 2.45) is 0 Å². The second kappa shape index (κ2) is 8.39. The molecule has 2 aromatic rings. The molecule has 118 valence electrons. The van der Waals surface area contributed by atoms with Crippen molar-refractivity contribution in [2.45, 2.75) is 33.2 Å². The van der Waals surface area contributed by atoms with Gasteiger partial charge >= 0.3 is 0 Å². The number of hydrogen-bond acceptors (Lipinski definition) is 3. The molecule has 0 fully saturated rings. The average molecular weight is 412 g/mol. The molecule has 1 unspecified atom stereocenters. The molecule has 0 saturated carbocycles. The number of aryl methyl sites for hydroxylation is 1. The van der Waals surface area contributed by atoms with Crippen LogP contribution in [0.3, 0.4) is 0 Å². The summed E-state index contributed by atoms with van der Waals surface area (Å²) in [7, 11) is 1.67. The molecule has 0 aliphatic heterocycles. The van der Waals surface area contributed by atoms with Crippen molar-refractivity contribution in [1.29, 1.82) is 0 Å². The zero-order valence-electron chi connectivity index (χ0n) is 13.1. The lowest BCUT2D eigenvalue weighted by Gasteiger charge is -2.20. The van der Waals surface area contributed by atoms with Crippen LogP contribution in [-0.4, -0.2) is 13.4 Å². The molecule has 3 nitrogen and oxygen atoms in total. The van der Waals surface area contributed by atoms with E-state index in [2.05, 4.69) is 35.6 Å². The standard InChI is InChI=1S/C18H21IO3/c1-4-18(22-16-10-9-15(19)11-13(16)2)21-12-14-7-5-6-8-17(14)20-3/h5-11,18H,4,12H2,1-3H3. The molecule has 0 radical (unpaired) electrons. The van der Waals surface area contributed by atoms with E-state index in [-0.39, 0.29) is 6.29 Å². The first kappa shape index (κ1) is 17.1. The van der Waals surface area contributed by atoms with Crippen molar-refractivity contribution >= 4 is 22.6 Å². The number of methoxy groups -OCH3 is 1. The maximum Gasteiger partial charge on any atom is 0.199 e. The summed E-state index contributed by atoms with van der Waals surface area (Å²) in [6.07, 6.45) is 0.504. The summed E-state index contributed by atoms with van der Waals surface area (Å²) in [5.74, 6) is 1.70. The van der Waals surface area contributed by atoms with Gasteiger partial charge in [0.2, 0.25) is 0 Å². The second-order valence-electron chi connectivity index (χ2n) is 4.99. The highest BCUT2D eigenvalue weighted by Crippen LogP contribution is 2.24. The molecule has 0 bridgehead atoms. The number of hydrogen-bond donors (Lipinski definition) is 0. The SMILES string of the molecule is CCC(OCc1ccccc1OC)Oc1ccc(I)cc1C. The summed E-state index contributed by atoms with van der Waals surface area (Å²) in [6, 6.07) is 14.0. The predicted molar refractivity (Wildman–Crippen MR) is 96.4 cm³/mol. The summed E-state index contributed by atoms with van der Waals surface area (Å²) in [5, 5.41) is 0. The number of halogens is 1. The maximum absolute atomic E-state index is 5.98. The normalized spacial score (nSPS) is 12.0. The Labute approximate surface area is 145 Å². The first-order chi connectivity index (χ1) is 10.6. The minimum absolute atomic E-state index is 0.274. The highest BCUT2D eigenvalue weighted by Gasteiger charge is 2.12. The Hall–Kier alpha value is -1.27. The lowest BCUT2D eigenvalue weighted by Crippen LogP contribution is -2.20. The van der Waals surface area contributed by atoms with Gasteiger partial charge in [-0.1, -0.05) is 25.1 Å². The van der Waals surface area contributed by atoms with Crippen LogP contribution in [0.25, 0.3) is 0 Å². The van der Waals surface area contributed by atoms with Gasteiger partial charge in [-0.15, -0.1) is 0 Å². The molecule has 1 atom stereocenters. The fraction of sp³-hybridized carbons (Fsp3) is 0.333. The monoisotopic (exact) mass is 412 g/mol. The van der Waals surface area contributed by atoms with Crippen LogP contribution in [0.15, 0.2) is 42.5 Å². The van der Waals surface area contributed by atoms with E-state index in [0.717, 1.165) is 29.0 Å². The Bertz CT molecular complexity index is 613. The van der Waals surface area contributed by atoms with Gasteiger partial charge in [0.25, 0.3) is 0 Å². The smallest absolute Gasteiger partial charge is 0.199 e. The van der Waals surface area contributed by atoms with Crippen LogP contribution in [0, 0.1) is 10.5 Å². The van der Waals surface area contributed by atoms with E-state index in [1.54, 1.807) is 7.11 Å². The number of para-hydroxylation sites is 1. The van der Waals surface area contributed by atoms with E-state index in [0.29, 0.717) is 6.61 Å². The summed E-state index contributed by atoms with van der Waals surface area (Å²) in [4.78, 5) is 0. The largest absolute Gasteiger partial charge is 0.496 e. The fourth-order valence-electron chi connectivity index (χ4n) is 2.13. The molecule has 0 amide bonds. The van der Waals surface area contributed by atoms with Crippen molar-refractivity contribution in [3.05, 3.63) is 57.2 Å². The number of rotatable bonds is 7. The third-order valence-corrected chi connectivity index (χ3v) is 4.02. The third kappa shape index (κ3) is 4.61. The van der Waals surface area contributed by atoms with E-state index >= 15 is 0 Å². The molecule has 0 N–H and O–H groups in total. The van der Waals surface area contributed by atoms with Gasteiger partial charge in [0.1, 0.15) is 11.5 Å². The van der Waals surface area contributed by atoms with Gasteiger partial charge in [0.15, 0.2) is 6.29 Å². The molecule has 0 aliphatic carbocycles. The zero-order chi connectivity index (χ0) is 15.9. The molecular weight excluding hydrogens is 391 g/mol. The second-order valence-corrected chi connectivity index (χ2v) is 6.23. The van der Waals surface area contributed by atoms with Crippen molar-refractivity contribution in [3.8, 4) is 11.5 Å². The maximum atomic E-state index is 5.98. The van der Waals surface area contributed by atoms with E-state index in [1.165, 1.54) is 3.57 Å². The lowest BCUT2D eigenvalue weighted by atomic mass is 10.2. The Morgan fingerprint density at radius 2 is 1.86 bits per heavy atom. The van der Waals surface area contributed by atoms with E-state index in [9.17, 15) is 0 Å².